The summed E-state index contributed by atoms with van der Waals surface area (Å²) in [6.07, 6.45) is 2.50. The second-order valence-electron chi connectivity index (χ2n) is 5.98. The minimum Gasteiger partial charge on any atom is -0.306 e. The van der Waals surface area contributed by atoms with Crippen molar-refractivity contribution in [1.29, 1.82) is 0 Å². The number of piperidine rings is 1. The van der Waals surface area contributed by atoms with Crippen molar-refractivity contribution in [1.82, 2.24) is 4.90 Å². The van der Waals surface area contributed by atoms with Crippen LogP contribution in [0.2, 0.25) is 0 Å². The zero-order chi connectivity index (χ0) is 16.9. The fourth-order valence-corrected chi connectivity index (χ4v) is 3.95. The van der Waals surface area contributed by atoms with Gasteiger partial charge in [-0.05, 0) is 55.2 Å². The molecule has 124 valence electrons. The molecular formula is C22H31N. The first-order valence-electron chi connectivity index (χ1n) is 9.19. The molecule has 0 atom stereocenters. The lowest BCUT2D eigenvalue weighted by Gasteiger charge is -2.39. The van der Waals surface area contributed by atoms with E-state index in [0.717, 1.165) is 0 Å². The SMILES string of the molecule is CC.CC.CN1CCC2(CC1)c1ccccc1-c1ccccc12. The Kier molecular flexibility index (Phi) is 6.01. The fourth-order valence-electron chi connectivity index (χ4n) is 3.95. The van der Waals surface area contributed by atoms with E-state index in [1.807, 2.05) is 27.7 Å². The minimum atomic E-state index is 0.277. The van der Waals surface area contributed by atoms with Crippen molar-refractivity contribution < 1.29 is 0 Å². The zero-order valence-electron chi connectivity index (χ0n) is 15.4. The highest BCUT2D eigenvalue weighted by molar-refractivity contribution is 5.81. The summed E-state index contributed by atoms with van der Waals surface area (Å²) in [6.45, 7) is 10.4. The molecule has 2 aromatic carbocycles. The van der Waals surface area contributed by atoms with Crippen LogP contribution in [0.25, 0.3) is 11.1 Å². The largest absolute Gasteiger partial charge is 0.306 e. The second-order valence-corrected chi connectivity index (χ2v) is 5.98. The number of benzene rings is 2. The molecule has 23 heavy (non-hydrogen) atoms. The highest BCUT2D eigenvalue weighted by atomic mass is 15.1. The summed E-state index contributed by atoms with van der Waals surface area (Å²) in [7, 11) is 2.24. The number of nitrogens with zero attached hydrogens (tertiary/aromatic N) is 1. The summed E-state index contributed by atoms with van der Waals surface area (Å²) in [5, 5.41) is 0. The highest BCUT2D eigenvalue weighted by Gasteiger charge is 2.44. The van der Waals surface area contributed by atoms with Crippen LogP contribution in [0.15, 0.2) is 48.5 Å². The van der Waals surface area contributed by atoms with Gasteiger partial charge in [-0.3, -0.25) is 0 Å². The van der Waals surface area contributed by atoms with Crippen molar-refractivity contribution in [2.75, 3.05) is 20.1 Å². The molecule has 1 aliphatic heterocycles. The van der Waals surface area contributed by atoms with Crippen LogP contribution in [0.1, 0.15) is 51.7 Å². The molecule has 0 saturated carbocycles. The van der Waals surface area contributed by atoms with Gasteiger partial charge >= 0.3 is 0 Å². The maximum atomic E-state index is 2.45. The average Bonchev–Trinajstić information content (AvgIpc) is 2.92. The summed E-state index contributed by atoms with van der Waals surface area (Å²) in [5.74, 6) is 0. The first-order valence-corrected chi connectivity index (χ1v) is 9.19. The van der Waals surface area contributed by atoms with Gasteiger partial charge in [-0.1, -0.05) is 76.2 Å². The molecule has 0 N–H and O–H groups in total. The van der Waals surface area contributed by atoms with Gasteiger partial charge in [0, 0.05) is 5.41 Å². The lowest BCUT2D eigenvalue weighted by molar-refractivity contribution is 0.216. The first-order chi connectivity index (χ1) is 11.3. The molecule has 0 radical (unpaired) electrons. The van der Waals surface area contributed by atoms with Crippen LogP contribution >= 0.6 is 0 Å². The van der Waals surface area contributed by atoms with E-state index in [2.05, 4.69) is 60.5 Å². The molecule has 1 saturated heterocycles. The van der Waals surface area contributed by atoms with E-state index in [1.165, 1.54) is 37.1 Å². The van der Waals surface area contributed by atoms with Crippen molar-refractivity contribution >= 4 is 0 Å². The monoisotopic (exact) mass is 309 g/mol. The van der Waals surface area contributed by atoms with Gasteiger partial charge in [-0.2, -0.15) is 0 Å². The lowest BCUT2D eigenvalue weighted by atomic mass is 9.71. The molecule has 0 amide bonds. The zero-order valence-corrected chi connectivity index (χ0v) is 15.4. The van der Waals surface area contributed by atoms with E-state index in [1.54, 1.807) is 11.1 Å². The van der Waals surface area contributed by atoms with Gasteiger partial charge in [0.05, 0.1) is 0 Å². The Hall–Kier alpha value is -1.60. The molecule has 0 aromatic heterocycles. The Morgan fingerprint density at radius 3 is 1.52 bits per heavy atom. The molecule has 1 heterocycles. The number of fused-ring (bicyclic) bond motifs is 5. The van der Waals surface area contributed by atoms with E-state index in [-0.39, 0.29) is 5.41 Å². The molecular weight excluding hydrogens is 278 g/mol. The minimum absolute atomic E-state index is 0.277. The Labute approximate surface area is 142 Å². The van der Waals surface area contributed by atoms with Crippen LogP contribution in [-0.2, 0) is 5.41 Å². The van der Waals surface area contributed by atoms with E-state index in [0.29, 0.717) is 0 Å². The third-order valence-electron chi connectivity index (χ3n) is 5.02. The van der Waals surface area contributed by atoms with Crippen molar-refractivity contribution in [3.8, 4) is 11.1 Å². The van der Waals surface area contributed by atoms with Crippen LogP contribution in [0.3, 0.4) is 0 Å². The smallest absolute Gasteiger partial charge is 0.0239 e. The van der Waals surface area contributed by atoms with Crippen molar-refractivity contribution in [3.05, 3.63) is 59.7 Å². The average molecular weight is 309 g/mol. The van der Waals surface area contributed by atoms with E-state index in [9.17, 15) is 0 Å². The number of likely N-dealkylation sites (tertiary alicyclic amines) is 1. The van der Waals surface area contributed by atoms with Crippen molar-refractivity contribution in [3.63, 3.8) is 0 Å². The van der Waals surface area contributed by atoms with Crippen LogP contribution in [0.4, 0.5) is 0 Å². The van der Waals surface area contributed by atoms with Gasteiger partial charge < -0.3 is 4.90 Å². The van der Waals surface area contributed by atoms with Gasteiger partial charge in [0.1, 0.15) is 0 Å². The second kappa shape index (κ2) is 7.79. The third-order valence-corrected chi connectivity index (χ3v) is 5.02. The normalized spacial score (nSPS) is 17.3. The molecule has 0 bridgehead atoms. The number of hydrogen-bond acceptors (Lipinski definition) is 1. The van der Waals surface area contributed by atoms with Gasteiger partial charge in [-0.15, -0.1) is 0 Å². The highest BCUT2D eigenvalue weighted by Crippen LogP contribution is 2.53. The molecule has 2 aromatic rings. The Bertz CT molecular complexity index is 574. The maximum Gasteiger partial charge on any atom is 0.0239 e. The van der Waals surface area contributed by atoms with Gasteiger partial charge in [0.25, 0.3) is 0 Å². The molecule has 1 fully saturated rings. The quantitative estimate of drug-likeness (QED) is 0.600. The van der Waals surface area contributed by atoms with Crippen molar-refractivity contribution in [2.24, 2.45) is 0 Å². The predicted molar refractivity (Wildman–Crippen MR) is 102 cm³/mol. The molecule has 4 rings (SSSR count). The van der Waals surface area contributed by atoms with Gasteiger partial charge in [0.15, 0.2) is 0 Å². The number of hydrogen-bond donors (Lipinski definition) is 0. The fraction of sp³-hybridized carbons (Fsp3) is 0.455. The van der Waals surface area contributed by atoms with Crippen LogP contribution < -0.4 is 0 Å². The summed E-state index contributed by atoms with van der Waals surface area (Å²) in [6, 6.07) is 18.0. The molecule has 1 heteroatoms. The topological polar surface area (TPSA) is 3.24 Å². The standard InChI is InChI=1S/C18H19N.2C2H6/c1-19-12-10-18(11-13-19)16-8-4-2-6-14(16)15-7-3-5-9-17(15)18;2*1-2/h2-9H,10-13H2,1H3;2*1-2H3. The van der Waals surface area contributed by atoms with Gasteiger partial charge in [0.2, 0.25) is 0 Å². The Balaban J connectivity index is 0.000000448. The molecule has 0 unspecified atom stereocenters. The summed E-state index contributed by atoms with van der Waals surface area (Å²) < 4.78 is 0. The van der Waals surface area contributed by atoms with E-state index >= 15 is 0 Å². The van der Waals surface area contributed by atoms with Crippen molar-refractivity contribution in [2.45, 2.75) is 46.0 Å². The Morgan fingerprint density at radius 2 is 1.09 bits per heavy atom. The molecule has 2 aliphatic rings. The van der Waals surface area contributed by atoms with E-state index in [4.69, 9.17) is 0 Å². The van der Waals surface area contributed by atoms with E-state index < -0.39 is 0 Å². The summed E-state index contributed by atoms with van der Waals surface area (Å²) in [5.41, 5.74) is 6.32. The first kappa shape index (κ1) is 17.7. The summed E-state index contributed by atoms with van der Waals surface area (Å²) in [4.78, 5) is 2.45. The van der Waals surface area contributed by atoms with Crippen LogP contribution in [0.5, 0.6) is 0 Å². The molecule has 1 nitrogen and oxygen atoms in total. The van der Waals surface area contributed by atoms with Crippen LogP contribution in [-0.4, -0.2) is 25.0 Å². The maximum absolute atomic E-state index is 2.45. The van der Waals surface area contributed by atoms with Crippen LogP contribution in [0, 0.1) is 0 Å². The number of rotatable bonds is 0. The lowest BCUT2D eigenvalue weighted by Crippen LogP contribution is -2.40. The molecule has 1 spiro atoms. The third kappa shape index (κ3) is 2.95. The summed E-state index contributed by atoms with van der Waals surface area (Å²) >= 11 is 0. The predicted octanol–water partition coefficient (Wildman–Crippen LogP) is 5.73. The van der Waals surface area contributed by atoms with Gasteiger partial charge in [-0.25, -0.2) is 0 Å². The Morgan fingerprint density at radius 1 is 0.696 bits per heavy atom. The molecule has 1 aliphatic carbocycles.